The van der Waals surface area contributed by atoms with Crippen LogP contribution >= 0.6 is 0 Å². The highest BCUT2D eigenvalue weighted by Gasteiger charge is 2.25. The molecule has 0 saturated heterocycles. The summed E-state index contributed by atoms with van der Waals surface area (Å²) in [7, 11) is -3.68. The Kier molecular flexibility index (Phi) is 4.32. The van der Waals surface area contributed by atoms with Crippen LogP contribution in [0, 0.1) is 0 Å². The van der Waals surface area contributed by atoms with Gasteiger partial charge in [-0.3, -0.25) is 4.79 Å². The fourth-order valence-electron chi connectivity index (χ4n) is 1.80. The van der Waals surface area contributed by atoms with E-state index in [1.807, 2.05) is 0 Å². The molecule has 0 radical (unpaired) electrons. The summed E-state index contributed by atoms with van der Waals surface area (Å²) < 4.78 is 24.1. The van der Waals surface area contributed by atoms with E-state index < -0.39 is 27.5 Å². The normalized spacial score (nSPS) is 12.8. The van der Waals surface area contributed by atoms with Gasteiger partial charge in [-0.25, -0.2) is 8.42 Å². The summed E-state index contributed by atoms with van der Waals surface area (Å²) in [4.78, 5) is 12.0. The Morgan fingerprint density at radius 1 is 0.950 bits per heavy atom. The number of carbonyl (C=O) groups is 1. The van der Waals surface area contributed by atoms with Gasteiger partial charge in [0.2, 0.25) is 0 Å². The lowest BCUT2D eigenvalue weighted by Crippen LogP contribution is -2.29. The lowest BCUT2D eigenvalue weighted by Gasteiger charge is -2.10. The van der Waals surface area contributed by atoms with E-state index in [1.54, 1.807) is 48.5 Å². The molecular formula is C15H14O4S. The highest BCUT2D eigenvalue weighted by molar-refractivity contribution is 7.91. The molecule has 0 amide bonds. The fourth-order valence-corrected chi connectivity index (χ4v) is 3.13. The van der Waals surface area contributed by atoms with E-state index >= 15 is 0 Å². The van der Waals surface area contributed by atoms with Crippen molar-refractivity contribution in [3.8, 4) is 0 Å². The van der Waals surface area contributed by atoms with Gasteiger partial charge in [-0.15, -0.1) is 0 Å². The first-order valence-electron chi connectivity index (χ1n) is 6.06. The predicted octanol–water partition coefficient (Wildman–Crippen LogP) is 1.70. The van der Waals surface area contributed by atoms with Gasteiger partial charge in [0.15, 0.2) is 15.6 Å². The molecule has 2 aromatic rings. The molecule has 2 rings (SSSR count). The van der Waals surface area contributed by atoms with Crippen LogP contribution in [0.3, 0.4) is 0 Å². The molecule has 0 heterocycles. The first kappa shape index (κ1) is 14.4. The van der Waals surface area contributed by atoms with E-state index in [-0.39, 0.29) is 4.90 Å². The minimum absolute atomic E-state index is 0.0971. The molecule has 5 heteroatoms. The van der Waals surface area contributed by atoms with E-state index in [0.29, 0.717) is 5.56 Å². The average molecular weight is 290 g/mol. The van der Waals surface area contributed by atoms with Crippen molar-refractivity contribution in [3.05, 3.63) is 66.2 Å². The van der Waals surface area contributed by atoms with Gasteiger partial charge in [-0.2, -0.15) is 0 Å². The summed E-state index contributed by atoms with van der Waals surface area (Å²) >= 11 is 0. The molecule has 0 spiro atoms. The zero-order chi connectivity index (χ0) is 14.6. The lowest BCUT2D eigenvalue weighted by molar-refractivity contribution is 0.0784. The number of hydrogen-bond acceptors (Lipinski definition) is 4. The second-order valence-electron chi connectivity index (χ2n) is 4.34. The molecule has 0 aliphatic heterocycles. The molecule has 0 fully saturated rings. The zero-order valence-corrected chi connectivity index (χ0v) is 11.5. The number of Topliss-reactive ketones (excluding diaryl/α,β-unsaturated/α-hetero) is 1. The van der Waals surface area contributed by atoms with Crippen molar-refractivity contribution in [2.24, 2.45) is 0 Å². The maximum absolute atomic E-state index is 12.1. The van der Waals surface area contributed by atoms with Gasteiger partial charge in [0.05, 0.1) is 10.6 Å². The monoisotopic (exact) mass is 290 g/mol. The summed E-state index contributed by atoms with van der Waals surface area (Å²) in [5.41, 5.74) is 0.295. The third-order valence-electron chi connectivity index (χ3n) is 2.84. The SMILES string of the molecule is O=C(c1ccccc1)[C@@H](O)CS(=O)(=O)c1ccccc1. The minimum Gasteiger partial charge on any atom is -0.384 e. The molecular weight excluding hydrogens is 276 g/mol. The third kappa shape index (κ3) is 3.31. The van der Waals surface area contributed by atoms with Crippen molar-refractivity contribution < 1.29 is 18.3 Å². The molecule has 104 valence electrons. The number of hydrogen-bond donors (Lipinski definition) is 1. The fraction of sp³-hybridized carbons (Fsp3) is 0.133. The maximum Gasteiger partial charge on any atom is 0.192 e. The van der Waals surface area contributed by atoms with Crippen molar-refractivity contribution in [2.75, 3.05) is 5.75 Å². The van der Waals surface area contributed by atoms with E-state index in [9.17, 15) is 18.3 Å². The van der Waals surface area contributed by atoms with Crippen molar-refractivity contribution in [1.82, 2.24) is 0 Å². The van der Waals surface area contributed by atoms with Crippen molar-refractivity contribution in [2.45, 2.75) is 11.0 Å². The Bertz CT molecular complexity index is 678. The molecule has 2 aromatic carbocycles. The quantitative estimate of drug-likeness (QED) is 0.851. The smallest absolute Gasteiger partial charge is 0.192 e. The Balaban J connectivity index is 2.16. The molecule has 0 unspecified atom stereocenters. The molecule has 1 N–H and O–H groups in total. The number of carbonyl (C=O) groups excluding carboxylic acids is 1. The summed E-state index contributed by atoms with van der Waals surface area (Å²) in [6, 6.07) is 15.9. The standard InChI is InChI=1S/C15H14O4S/c16-14(15(17)12-7-3-1-4-8-12)11-20(18,19)13-9-5-2-6-10-13/h1-10,14,16H,11H2/t14-/m0/s1. The lowest BCUT2D eigenvalue weighted by atomic mass is 10.1. The third-order valence-corrected chi connectivity index (χ3v) is 4.59. The Hall–Kier alpha value is -1.98. The van der Waals surface area contributed by atoms with E-state index in [0.717, 1.165) is 0 Å². The Labute approximate surface area is 117 Å². The Morgan fingerprint density at radius 3 is 2.00 bits per heavy atom. The predicted molar refractivity (Wildman–Crippen MR) is 75.3 cm³/mol. The van der Waals surface area contributed by atoms with Crippen LogP contribution in [0.1, 0.15) is 10.4 Å². The maximum atomic E-state index is 12.1. The van der Waals surface area contributed by atoms with Crippen molar-refractivity contribution in [3.63, 3.8) is 0 Å². The van der Waals surface area contributed by atoms with Gasteiger partial charge < -0.3 is 5.11 Å². The second-order valence-corrected chi connectivity index (χ2v) is 6.37. The van der Waals surface area contributed by atoms with Crippen LogP contribution in [-0.4, -0.2) is 31.2 Å². The average Bonchev–Trinajstić information content (AvgIpc) is 2.48. The number of aliphatic hydroxyl groups excluding tert-OH is 1. The zero-order valence-electron chi connectivity index (χ0n) is 10.6. The highest BCUT2D eigenvalue weighted by atomic mass is 32.2. The number of benzene rings is 2. The topological polar surface area (TPSA) is 71.4 Å². The molecule has 20 heavy (non-hydrogen) atoms. The number of aliphatic hydroxyl groups is 1. The molecule has 0 saturated carbocycles. The Morgan fingerprint density at radius 2 is 1.45 bits per heavy atom. The molecule has 0 aromatic heterocycles. The highest BCUT2D eigenvalue weighted by Crippen LogP contribution is 2.13. The van der Waals surface area contributed by atoms with Crippen molar-refractivity contribution >= 4 is 15.6 Å². The van der Waals surface area contributed by atoms with Crippen LogP contribution in [0.25, 0.3) is 0 Å². The van der Waals surface area contributed by atoms with Gasteiger partial charge in [0, 0.05) is 5.56 Å². The van der Waals surface area contributed by atoms with Crippen molar-refractivity contribution in [1.29, 1.82) is 0 Å². The molecule has 1 atom stereocenters. The summed E-state index contributed by atoms with van der Waals surface area (Å²) in [6.07, 6.45) is -1.57. The van der Waals surface area contributed by atoms with Gasteiger partial charge in [-0.05, 0) is 12.1 Å². The molecule has 0 aliphatic rings. The molecule has 0 bridgehead atoms. The molecule has 0 aliphatic carbocycles. The molecule has 4 nitrogen and oxygen atoms in total. The van der Waals surface area contributed by atoms with Crippen LogP contribution < -0.4 is 0 Å². The van der Waals surface area contributed by atoms with Crippen LogP contribution in [0.15, 0.2) is 65.6 Å². The number of rotatable bonds is 5. The number of sulfone groups is 1. The summed E-state index contributed by atoms with van der Waals surface area (Å²) in [5.74, 6) is -1.21. The van der Waals surface area contributed by atoms with Gasteiger partial charge in [0.1, 0.15) is 6.10 Å². The number of ketones is 1. The van der Waals surface area contributed by atoms with Gasteiger partial charge in [-0.1, -0.05) is 48.5 Å². The largest absolute Gasteiger partial charge is 0.384 e. The van der Waals surface area contributed by atoms with Crippen LogP contribution in [-0.2, 0) is 9.84 Å². The second kappa shape index (κ2) is 5.98. The summed E-state index contributed by atoms with van der Waals surface area (Å²) in [5, 5.41) is 9.84. The first-order chi connectivity index (χ1) is 9.50. The van der Waals surface area contributed by atoms with Gasteiger partial charge >= 0.3 is 0 Å². The van der Waals surface area contributed by atoms with E-state index in [2.05, 4.69) is 0 Å². The van der Waals surface area contributed by atoms with E-state index in [1.165, 1.54) is 12.1 Å². The first-order valence-corrected chi connectivity index (χ1v) is 7.71. The van der Waals surface area contributed by atoms with Crippen LogP contribution in [0.2, 0.25) is 0 Å². The summed E-state index contributed by atoms with van der Waals surface area (Å²) in [6.45, 7) is 0. The van der Waals surface area contributed by atoms with Crippen LogP contribution in [0.4, 0.5) is 0 Å². The van der Waals surface area contributed by atoms with Crippen LogP contribution in [0.5, 0.6) is 0 Å². The minimum atomic E-state index is -3.68. The van der Waals surface area contributed by atoms with E-state index in [4.69, 9.17) is 0 Å². The van der Waals surface area contributed by atoms with Gasteiger partial charge in [0.25, 0.3) is 0 Å².